The number of hydrogen-bond acceptors (Lipinski definition) is 3. The van der Waals surface area contributed by atoms with Gasteiger partial charge in [0.2, 0.25) is 0 Å². The minimum atomic E-state index is 0.399. The summed E-state index contributed by atoms with van der Waals surface area (Å²) in [7, 11) is 0. The van der Waals surface area contributed by atoms with Gasteiger partial charge in [-0.2, -0.15) is 0 Å². The first-order valence-corrected chi connectivity index (χ1v) is 4.10. The number of fused-ring (bicyclic) bond motifs is 1. The van der Waals surface area contributed by atoms with Gasteiger partial charge in [-0.05, 0) is 12.1 Å². The summed E-state index contributed by atoms with van der Waals surface area (Å²) in [6, 6.07) is 3.21. The largest absolute Gasteiger partial charge is 0.441 e. The molecule has 66 valence electrons. The molecule has 1 heterocycles. The van der Waals surface area contributed by atoms with E-state index in [0.29, 0.717) is 33.9 Å². The van der Waals surface area contributed by atoms with Crippen molar-refractivity contribution < 1.29 is 9.21 Å². The SMILES string of the molecule is Cc1nc2cc(Cl)c(C=O)cc2o1. The zero-order valence-electron chi connectivity index (χ0n) is 6.87. The third-order valence-corrected chi connectivity index (χ3v) is 2.07. The molecule has 0 aliphatic carbocycles. The second kappa shape index (κ2) is 2.85. The van der Waals surface area contributed by atoms with Gasteiger partial charge in [0, 0.05) is 12.5 Å². The first-order chi connectivity index (χ1) is 6.20. The zero-order valence-corrected chi connectivity index (χ0v) is 7.63. The minimum absolute atomic E-state index is 0.399. The number of rotatable bonds is 1. The lowest BCUT2D eigenvalue weighted by molar-refractivity contribution is 0.112. The van der Waals surface area contributed by atoms with E-state index in [1.165, 1.54) is 0 Å². The monoisotopic (exact) mass is 195 g/mol. The Morgan fingerprint density at radius 1 is 1.54 bits per heavy atom. The fraction of sp³-hybridized carbons (Fsp3) is 0.111. The normalized spacial score (nSPS) is 10.6. The van der Waals surface area contributed by atoms with Crippen molar-refractivity contribution in [3.63, 3.8) is 0 Å². The van der Waals surface area contributed by atoms with E-state index in [1.807, 2.05) is 0 Å². The van der Waals surface area contributed by atoms with Crippen molar-refractivity contribution in [1.29, 1.82) is 0 Å². The summed E-state index contributed by atoms with van der Waals surface area (Å²) in [5.74, 6) is 0.564. The van der Waals surface area contributed by atoms with Crippen LogP contribution in [0.4, 0.5) is 0 Å². The van der Waals surface area contributed by atoms with Gasteiger partial charge in [0.1, 0.15) is 5.52 Å². The van der Waals surface area contributed by atoms with E-state index in [-0.39, 0.29) is 0 Å². The van der Waals surface area contributed by atoms with Crippen molar-refractivity contribution in [2.75, 3.05) is 0 Å². The summed E-state index contributed by atoms with van der Waals surface area (Å²) in [6.07, 6.45) is 0.694. The van der Waals surface area contributed by atoms with Crippen LogP contribution in [-0.4, -0.2) is 11.3 Å². The molecule has 0 bridgehead atoms. The van der Waals surface area contributed by atoms with Gasteiger partial charge in [-0.15, -0.1) is 0 Å². The molecule has 0 aliphatic heterocycles. The van der Waals surface area contributed by atoms with E-state index in [9.17, 15) is 4.79 Å². The minimum Gasteiger partial charge on any atom is -0.441 e. The molecular weight excluding hydrogens is 190 g/mol. The second-order valence-corrected chi connectivity index (χ2v) is 3.10. The number of carbonyl (C=O) groups excluding carboxylic acids is 1. The van der Waals surface area contributed by atoms with Crippen LogP contribution in [0.15, 0.2) is 16.5 Å². The molecular formula is C9H6ClNO2. The number of halogens is 1. The quantitative estimate of drug-likeness (QED) is 0.657. The average molecular weight is 196 g/mol. The second-order valence-electron chi connectivity index (χ2n) is 2.69. The van der Waals surface area contributed by atoms with Crippen molar-refractivity contribution in [3.8, 4) is 0 Å². The number of aromatic nitrogens is 1. The number of hydrogen-bond donors (Lipinski definition) is 0. The molecule has 13 heavy (non-hydrogen) atoms. The maximum Gasteiger partial charge on any atom is 0.192 e. The lowest BCUT2D eigenvalue weighted by Crippen LogP contribution is -1.81. The van der Waals surface area contributed by atoms with Gasteiger partial charge in [0.15, 0.2) is 17.8 Å². The molecule has 2 aromatic rings. The van der Waals surface area contributed by atoms with Crippen molar-refractivity contribution in [2.45, 2.75) is 6.92 Å². The Bertz CT molecular complexity index is 476. The van der Waals surface area contributed by atoms with Crippen LogP contribution in [0.5, 0.6) is 0 Å². The van der Waals surface area contributed by atoms with Gasteiger partial charge in [-0.25, -0.2) is 4.98 Å². The maximum absolute atomic E-state index is 10.5. The van der Waals surface area contributed by atoms with Crippen molar-refractivity contribution >= 4 is 29.0 Å². The number of aldehydes is 1. The summed E-state index contributed by atoms with van der Waals surface area (Å²) < 4.78 is 5.24. The highest BCUT2D eigenvalue weighted by Gasteiger charge is 2.06. The molecule has 0 spiro atoms. The Morgan fingerprint density at radius 3 is 3.00 bits per heavy atom. The van der Waals surface area contributed by atoms with Gasteiger partial charge < -0.3 is 4.42 Å². The number of oxazole rings is 1. The molecule has 1 aromatic heterocycles. The van der Waals surface area contributed by atoms with Crippen LogP contribution in [0.3, 0.4) is 0 Å². The van der Waals surface area contributed by atoms with Gasteiger partial charge in [-0.3, -0.25) is 4.79 Å². The summed E-state index contributed by atoms with van der Waals surface area (Å²) in [6.45, 7) is 1.74. The fourth-order valence-corrected chi connectivity index (χ4v) is 1.37. The van der Waals surface area contributed by atoms with Gasteiger partial charge in [-0.1, -0.05) is 11.6 Å². The number of carbonyl (C=O) groups is 1. The third kappa shape index (κ3) is 1.31. The first-order valence-electron chi connectivity index (χ1n) is 3.72. The number of nitrogens with zero attached hydrogens (tertiary/aromatic N) is 1. The van der Waals surface area contributed by atoms with E-state index in [4.69, 9.17) is 16.0 Å². The highest BCUT2D eigenvalue weighted by atomic mass is 35.5. The molecule has 2 rings (SSSR count). The Hall–Kier alpha value is -1.35. The van der Waals surface area contributed by atoms with Crippen LogP contribution < -0.4 is 0 Å². The van der Waals surface area contributed by atoms with Crippen LogP contribution in [0.25, 0.3) is 11.1 Å². The lowest BCUT2D eigenvalue weighted by Gasteiger charge is -1.93. The fourth-order valence-electron chi connectivity index (χ4n) is 1.17. The lowest BCUT2D eigenvalue weighted by atomic mass is 10.2. The summed E-state index contributed by atoms with van der Waals surface area (Å²) in [5.41, 5.74) is 1.68. The highest BCUT2D eigenvalue weighted by molar-refractivity contribution is 6.33. The van der Waals surface area contributed by atoms with Crippen molar-refractivity contribution in [2.24, 2.45) is 0 Å². The molecule has 0 atom stereocenters. The molecule has 0 amide bonds. The molecule has 1 aromatic carbocycles. The number of aryl methyl sites for hydroxylation is 1. The molecule has 0 saturated carbocycles. The van der Waals surface area contributed by atoms with Crippen LogP contribution in [-0.2, 0) is 0 Å². The van der Waals surface area contributed by atoms with Gasteiger partial charge >= 0.3 is 0 Å². The molecule has 0 N–H and O–H groups in total. The van der Waals surface area contributed by atoms with Crippen molar-refractivity contribution in [3.05, 3.63) is 28.6 Å². The predicted molar refractivity (Wildman–Crippen MR) is 49.1 cm³/mol. The average Bonchev–Trinajstić information content (AvgIpc) is 2.42. The molecule has 0 fully saturated rings. The molecule has 0 radical (unpaired) electrons. The van der Waals surface area contributed by atoms with Gasteiger partial charge in [0.25, 0.3) is 0 Å². The van der Waals surface area contributed by atoms with E-state index < -0.39 is 0 Å². The molecule has 0 unspecified atom stereocenters. The first kappa shape index (κ1) is 8.26. The maximum atomic E-state index is 10.5. The summed E-state index contributed by atoms with van der Waals surface area (Å²) >= 11 is 5.80. The summed E-state index contributed by atoms with van der Waals surface area (Å²) in [4.78, 5) is 14.6. The Morgan fingerprint density at radius 2 is 2.31 bits per heavy atom. The topological polar surface area (TPSA) is 43.1 Å². The summed E-state index contributed by atoms with van der Waals surface area (Å²) in [5, 5.41) is 0.399. The Balaban J connectivity index is 2.79. The van der Waals surface area contributed by atoms with E-state index in [2.05, 4.69) is 4.98 Å². The Kier molecular flexibility index (Phi) is 1.81. The smallest absolute Gasteiger partial charge is 0.192 e. The van der Waals surface area contributed by atoms with Crippen LogP contribution in [0, 0.1) is 6.92 Å². The van der Waals surface area contributed by atoms with E-state index in [1.54, 1.807) is 19.1 Å². The standard InChI is InChI=1S/C9H6ClNO2/c1-5-11-8-3-7(10)6(4-12)2-9(8)13-5/h2-4H,1H3. The zero-order chi connectivity index (χ0) is 9.42. The molecule has 4 heteroatoms. The van der Waals surface area contributed by atoms with Gasteiger partial charge in [0.05, 0.1) is 5.02 Å². The molecule has 3 nitrogen and oxygen atoms in total. The molecule has 0 aliphatic rings. The highest BCUT2D eigenvalue weighted by Crippen LogP contribution is 2.23. The van der Waals surface area contributed by atoms with E-state index in [0.717, 1.165) is 0 Å². The predicted octanol–water partition coefficient (Wildman–Crippen LogP) is 2.60. The molecule has 0 saturated heterocycles. The number of benzene rings is 1. The third-order valence-electron chi connectivity index (χ3n) is 1.74. The van der Waals surface area contributed by atoms with Crippen molar-refractivity contribution in [1.82, 2.24) is 4.98 Å². The Labute approximate surface area is 79.3 Å². The van der Waals surface area contributed by atoms with E-state index >= 15 is 0 Å². The van der Waals surface area contributed by atoms with Crippen LogP contribution in [0.1, 0.15) is 16.2 Å². The van der Waals surface area contributed by atoms with Crippen LogP contribution in [0.2, 0.25) is 5.02 Å². The van der Waals surface area contributed by atoms with Crippen LogP contribution >= 0.6 is 11.6 Å².